The molecule has 7 nitrogen and oxygen atoms in total. The molecule has 2 aromatic rings. The molecule has 0 aliphatic heterocycles. The minimum absolute atomic E-state index is 0.408. The minimum Gasteiger partial charge on any atom is -0.324 e. The summed E-state index contributed by atoms with van der Waals surface area (Å²) in [5.74, 6) is 12.5. The van der Waals surface area contributed by atoms with Gasteiger partial charge in [0.15, 0.2) is 0 Å². The van der Waals surface area contributed by atoms with E-state index in [4.69, 9.17) is 11.7 Å². The lowest BCUT2D eigenvalue weighted by molar-refractivity contribution is 0.867. The lowest BCUT2D eigenvalue weighted by Gasteiger charge is -2.10. The topological polar surface area (TPSA) is 114 Å². The van der Waals surface area contributed by atoms with Crippen molar-refractivity contribution >= 4 is 23.3 Å². The first-order chi connectivity index (χ1) is 9.62. The molecule has 1 aromatic heterocycles. The molecule has 0 amide bonds. The summed E-state index contributed by atoms with van der Waals surface area (Å²) in [4.78, 5) is 8.40. The zero-order chi connectivity index (χ0) is 14.5. The van der Waals surface area contributed by atoms with E-state index in [1.165, 1.54) is 5.56 Å². The lowest BCUT2D eigenvalue weighted by Crippen LogP contribution is -2.14. The molecule has 0 bridgehead atoms. The standard InChI is InChI=1S/C13H19N7/c1-8(2)9-3-5-10(6-4-9)16-13-17-11(19-14)7-12(18-13)20-15/h3-8H,14-15H2,1-2H3,(H3,16,17,18,19,20). The van der Waals surface area contributed by atoms with E-state index in [-0.39, 0.29) is 0 Å². The van der Waals surface area contributed by atoms with Gasteiger partial charge in [0.25, 0.3) is 0 Å². The van der Waals surface area contributed by atoms with Crippen molar-refractivity contribution in [2.24, 2.45) is 11.7 Å². The van der Waals surface area contributed by atoms with Crippen molar-refractivity contribution in [2.45, 2.75) is 19.8 Å². The van der Waals surface area contributed by atoms with Crippen molar-refractivity contribution in [3.63, 3.8) is 0 Å². The van der Waals surface area contributed by atoms with Crippen molar-refractivity contribution in [3.05, 3.63) is 35.9 Å². The number of nitrogens with one attached hydrogen (secondary N) is 3. The Bertz CT molecular complexity index is 543. The summed E-state index contributed by atoms with van der Waals surface area (Å²) in [6, 6.07) is 9.71. The number of anilines is 4. The molecule has 7 heteroatoms. The van der Waals surface area contributed by atoms with Gasteiger partial charge in [-0.3, -0.25) is 0 Å². The van der Waals surface area contributed by atoms with Crippen LogP contribution in [0.4, 0.5) is 23.3 Å². The van der Waals surface area contributed by atoms with Gasteiger partial charge in [-0.15, -0.1) is 0 Å². The Kier molecular flexibility index (Phi) is 4.34. The molecule has 2 rings (SSSR count). The van der Waals surface area contributed by atoms with Gasteiger partial charge in [-0.25, -0.2) is 11.7 Å². The average molecular weight is 273 g/mol. The first-order valence-electron chi connectivity index (χ1n) is 6.31. The van der Waals surface area contributed by atoms with Crippen molar-refractivity contribution in [2.75, 3.05) is 16.2 Å². The normalized spacial score (nSPS) is 10.4. The van der Waals surface area contributed by atoms with Crippen LogP contribution in [0.5, 0.6) is 0 Å². The van der Waals surface area contributed by atoms with Gasteiger partial charge in [-0.2, -0.15) is 9.97 Å². The minimum atomic E-state index is 0.408. The predicted octanol–water partition coefficient (Wildman–Crippen LogP) is 1.91. The molecule has 0 atom stereocenters. The van der Waals surface area contributed by atoms with E-state index in [2.05, 4.69) is 52.1 Å². The van der Waals surface area contributed by atoms with Crippen LogP contribution in [-0.2, 0) is 0 Å². The molecule has 0 unspecified atom stereocenters. The third-order valence-corrected chi connectivity index (χ3v) is 2.86. The van der Waals surface area contributed by atoms with Crippen LogP contribution >= 0.6 is 0 Å². The number of hydrazine groups is 2. The molecule has 7 N–H and O–H groups in total. The van der Waals surface area contributed by atoms with Gasteiger partial charge in [0.05, 0.1) is 0 Å². The third kappa shape index (κ3) is 3.34. The van der Waals surface area contributed by atoms with Gasteiger partial charge >= 0.3 is 0 Å². The number of hydrogen-bond donors (Lipinski definition) is 5. The van der Waals surface area contributed by atoms with E-state index < -0.39 is 0 Å². The van der Waals surface area contributed by atoms with Gasteiger partial charge in [0.2, 0.25) is 5.95 Å². The smallest absolute Gasteiger partial charge is 0.231 e. The number of nitrogens with zero attached hydrogens (tertiary/aromatic N) is 2. The molecule has 0 saturated carbocycles. The number of benzene rings is 1. The van der Waals surface area contributed by atoms with Gasteiger partial charge in [-0.05, 0) is 23.6 Å². The number of nitrogen functional groups attached to an aromatic ring is 2. The van der Waals surface area contributed by atoms with E-state index in [0.29, 0.717) is 23.5 Å². The monoisotopic (exact) mass is 273 g/mol. The quantitative estimate of drug-likeness (QED) is 0.417. The first-order valence-corrected chi connectivity index (χ1v) is 6.31. The number of aromatic nitrogens is 2. The van der Waals surface area contributed by atoms with Crippen LogP contribution in [0.15, 0.2) is 30.3 Å². The van der Waals surface area contributed by atoms with Crippen molar-refractivity contribution in [1.29, 1.82) is 0 Å². The van der Waals surface area contributed by atoms with E-state index in [9.17, 15) is 0 Å². The first kappa shape index (κ1) is 14.0. The molecular formula is C13H19N7. The van der Waals surface area contributed by atoms with Gasteiger partial charge in [-0.1, -0.05) is 26.0 Å². The third-order valence-electron chi connectivity index (χ3n) is 2.86. The zero-order valence-corrected chi connectivity index (χ0v) is 11.5. The van der Waals surface area contributed by atoms with E-state index >= 15 is 0 Å². The summed E-state index contributed by atoms with van der Waals surface area (Å²) in [6.45, 7) is 4.31. The number of hydrogen-bond acceptors (Lipinski definition) is 7. The largest absolute Gasteiger partial charge is 0.324 e. The predicted molar refractivity (Wildman–Crippen MR) is 81.5 cm³/mol. The molecule has 0 saturated heterocycles. The Morgan fingerprint density at radius 1 is 0.950 bits per heavy atom. The Labute approximate surface area is 117 Å². The molecule has 0 aliphatic rings. The highest BCUT2D eigenvalue weighted by molar-refractivity contribution is 5.58. The molecule has 0 fully saturated rings. The van der Waals surface area contributed by atoms with E-state index in [0.717, 1.165) is 5.69 Å². The molecule has 20 heavy (non-hydrogen) atoms. The van der Waals surface area contributed by atoms with Crippen LogP contribution in [0.2, 0.25) is 0 Å². The van der Waals surface area contributed by atoms with Crippen LogP contribution in [0, 0.1) is 0 Å². The fourth-order valence-electron chi connectivity index (χ4n) is 1.73. The highest BCUT2D eigenvalue weighted by Gasteiger charge is 2.04. The Morgan fingerprint density at radius 2 is 1.50 bits per heavy atom. The maximum Gasteiger partial charge on any atom is 0.231 e. The molecule has 106 valence electrons. The second kappa shape index (κ2) is 6.18. The Morgan fingerprint density at radius 3 is 1.95 bits per heavy atom. The van der Waals surface area contributed by atoms with Crippen LogP contribution in [0.1, 0.15) is 25.3 Å². The van der Waals surface area contributed by atoms with Gasteiger partial charge < -0.3 is 16.2 Å². The molecule has 0 aliphatic carbocycles. The van der Waals surface area contributed by atoms with Crippen LogP contribution in [0.25, 0.3) is 0 Å². The molecule has 0 spiro atoms. The Hall–Kier alpha value is -2.38. The maximum atomic E-state index is 5.35. The van der Waals surface area contributed by atoms with E-state index in [1.807, 2.05) is 12.1 Å². The summed E-state index contributed by atoms with van der Waals surface area (Å²) in [6.07, 6.45) is 0. The van der Waals surface area contributed by atoms with Crippen molar-refractivity contribution < 1.29 is 0 Å². The second-order valence-electron chi connectivity index (χ2n) is 4.65. The summed E-state index contributed by atoms with van der Waals surface area (Å²) in [5.41, 5.74) is 7.10. The number of rotatable bonds is 5. The summed E-state index contributed by atoms with van der Waals surface area (Å²) >= 11 is 0. The van der Waals surface area contributed by atoms with E-state index in [1.54, 1.807) is 6.07 Å². The summed E-state index contributed by atoms with van der Waals surface area (Å²) < 4.78 is 0. The lowest BCUT2D eigenvalue weighted by atomic mass is 10.0. The SMILES string of the molecule is CC(C)c1ccc(Nc2nc(NN)cc(NN)n2)cc1. The van der Waals surface area contributed by atoms with Crippen LogP contribution < -0.4 is 27.9 Å². The highest BCUT2D eigenvalue weighted by Crippen LogP contribution is 2.20. The van der Waals surface area contributed by atoms with Crippen LogP contribution in [0.3, 0.4) is 0 Å². The molecule has 1 aromatic carbocycles. The highest BCUT2D eigenvalue weighted by atomic mass is 15.3. The number of nitrogens with two attached hydrogens (primary N) is 2. The van der Waals surface area contributed by atoms with Crippen molar-refractivity contribution in [3.8, 4) is 0 Å². The second-order valence-corrected chi connectivity index (χ2v) is 4.65. The Balaban J connectivity index is 2.20. The van der Waals surface area contributed by atoms with Crippen molar-refractivity contribution in [1.82, 2.24) is 9.97 Å². The summed E-state index contributed by atoms with van der Waals surface area (Å²) in [7, 11) is 0. The molecular weight excluding hydrogens is 254 g/mol. The maximum absolute atomic E-state index is 5.35. The zero-order valence-electron chi connectivity index (χ0n) is 11.5. The van der Waals surface area contributed by atoms with Gasteiger partial charge in [0.1, 0.15) is 11.6 Å². The molecule has 1 heterocycles. The fourth-order valence-corrected chi connectivity index (χ4v) is 1.73. The fraction of sp³-hybridized carbons (Fsp3) is 0.231. The molecule has 0 radical (unpaired) electrons. The summed E-state index contributed by atoms with van der Waals surface area (Å²) in [5, 5.41) is 3.11. The van der Waals surface area contributed by atoms with Gasteiger partial charge in [0, 0.05) is 11.8 Å². The van der Waals surface area contributed by atoms with Crippen LogP contribution in [-0.4, -0.2) is 9.97 Å². The average Bonchev–Trinajstić information content (AvgIpc) is 2.47.